The van der Waals surface area contributed by atoms with Gasteiger partial charge in [-0.3, -0.25) is 14.9 Å². The molecule has 2 heterocycles. The average Bonchev–Trinajstić information content (AvgIpc) is 2.72. The maximum Gasteiger partial charge on any atom is 1.00 e. The van der Waals surface area contributed by atoms with Crippen LogP contribution in [0.5, 0.6) is 0 Å². The summed E-state index contributed by atoms with van der Waals surface area (Å²) >= 11 is 0. The molecule has 1 N–H and O–H groups in total. The maximum atomic E-state index is 11.5. The fourth-order valence-electron chi connectivity index (χ4n) is 1.76. The molecule has 16 heavy (non-hydrogen) atoms. The van der Waals surface area contributed by atoms with E-state index in [2.05, 4.69) is 0 Å². The van der Waals surface area contributed by atoms with Gasteiger partial charge in [0.15, 0.2) is 12.4 Å². The largest absolute Gasteiger partial charge is 1.00 e. The van der Waals surface area contributed by atoms with Crippen LogP contribution in [0.3, 0.4) is 0 Å². The zero-order valence-electron chi connectivity index (χ0n) is 8.73. The fourth-order valence-corrected chi connectivity index (χ4v) is 1.76. The number of nitrogens with zero attached hydrogens (tertiary/aromatic N) is 1. The second-order valence-corrected chi connectivity index (χ2v) is 3.41. The monoisotopic (exact) mass is 293 g/mol. The van der Waals surface area contributed by atoms with Gasteiger partial charge in [0.05, 0.1) is 0 Å². The van der Waals surface area contributed by atoms with E-state index in [1.165, 1.54) is 17.0 Å². The molecule has 0 aliphatic carbocycles. The summed E-state index contributed by atoms with van der Waals surface area (Å²) in [4.78, 5) is 33.6. The Balaban J connectivity index is 0.00000128. The molecule has 0 aromatic heterocycles. The zero-order chi connectivity index (χ0) is 11.1. The summed E-state index contributed by atoms with van der Waals surface area (Å²) in [6, 6.07) is 0. The van der Waals surface area contributed by atoms with E-state index in [0.717, 1.165) is 0 Å². The Kier molecular flexibility index (Phi) is 4.33. The van der Waals surface area contributed by atoms with Crippen LogP contribution in [0.1, 0.15) is 12.8 Å². The van der Waals surface area contributed by atoms with E-state index in [1.54, 1.807) is 6.08 Å². The average molecular weight is 294 g/mol. The first-order chi connectivity index (χ1) is 7.07. The normalized spacial score (nSPS) is 27.4. The molecule has 1 fully saturated rings. The Hall–Kier alpha value is -0.175. The van der Waals surface area contributed by atoms with Crippen molar-refractivity contribution < 1.29 is 82.3 Å². The molecule has 0 aromatic rings. The molecule has 1 saturated heterocycles. The molecule has 1 unspecified atom stereocenters. The minimum Gasteiger partial charge on any atom is -0.543 e. The number of imide groups is 1. The molecule has 6 nitrogen and oxygen atoms in total. The maximum absolute atomic E-state index is 11.5. The summed E-state index contributed by atoms with van der Waals surface area (Å²) in [5.74, 6) is -3.00. The Morgan fingerprint density at radius 3 is 2.56 bits per heavy atom. The Labute approximate surface area is 140 Å². The molecule has 0 bridgehead atoms. The molecular formula is C9H8N2O4Rb+. The van der Waals surface area contributed by atoms with Gasteiger partial charge in [0.1, 0.15) is 12.4 Å². The number of allylic oxidation sites excluding steroid dienone is 1. The second-order valence-electron chi connectivity index (χ2n) is 3.41. The van der Waals surface area contributed by atoms with Crippen LogP contribution in [-0.2, 0) is 14.4 Å². The summed E-state index contributed by atoms with van der Waals surface area (Å²) in [5.41, 5.74) is -1.90. The molecule has 2 amide bonds. The van der Waals surface area contributed by atoms with Crippen LogP contribution in [0.2, 0.25) is 0 Å². The van der Waals surface area contributed by atoms with Crippen LogP contribution in [0.4, 0.5) is 0 Å². The number of nitrogens with one attached hydrogen (secondary N) is 1. The predicted molar refractivity (Wildman–Crippen MR) is 45.6 cm³/mol. The van der Waals surface area contributed by atoms with Crippen molar-refractivity contribution in [2.45, 2.75) is 18.4 Å². The van der Waals surface area contributed by atoms with Gasteiger partial charge in [-0.05, 0) is 6.08 Å². The summed E-state index contributed by atoms with van der Waals surface area (Å²) in [7, 11) is 0. The van der Waals surface area contributed by atoms with Crippen LogP contribution in [0.15, 0.2) is 12.3 Å². The van der Waals surface area contributed by atoms with E-state index in [9.17, 15) is 19.5 Å². The number of aliphatic carboxylic acids is 1. The summed E-state index contributed by atoms with van der Waals surface area (Å²) in [6.45, 7) is 0. The number of carbonyl (C=O) groups excluding carboxylic acids is 3. The molecule has 0 saturated carbocycles. The van der Waals surface area contributed by atoms with Gasteiger partial charge in [-0.25, -0.2) is 0 Å². The van der Waals surface area contributed by atoms with Crippen LogP contribution in [-0.4, -0.2) is 34.1 Å². The van der Waals surface area contributed by atoms with Crippen LogP contribution < -0.4 is 68.6 Å². The first kappa shape index (κ1) is 13.9. The summed E-state index contributed by atoms with van der Waals surface area (Å²) in [5, 5.41) is 13.0. The first-order valence-corrected chi connectivity index (χ1v) is 4.41. The van der Waals surface area contributed by atoms with Gasteiger partial charge in [-0.1, -0.05) is 0 Å². The van der Waals surface area contributed by atoms with Crippen molar-refractivity contribution in [2.75, 3.05) is 0 Å². The second kappa shape index (κ2) is 4.99. The molecule has 78 valence electrons. The number of amides is 2. The molecular weight excluding hydrogens is 286 g/mol. The molecule has 1 atom stereocenters. The number of carboxylic acid groups (broad SMARTS) is 1. The first-order valence-electron chi connectivity index (χ1n) is 4.41. The standard InChI is InChI=1S/C9H8N2O4.Rb/c12-6-5-9(8(14)15,7(13)10-6)11-3-1-2-4-11;/h1,3-4H,2,5H2,(H-,10,12,13,14,15);/q;+1. The van der Waals surface area contributed by atoms with Gasteiger partial charge < -0.3 is 9.90 Å². The number of hydrogen-bond acceptors (Lipinski definition) is 4. The van der Waals surface area contributed by atoms with Crippen molar-refractivity contribution in [3.8, 4) is 0 Å². The number of rotatable bonds is 2. The number of hydrogen-bond donors (Lipinski definition) is 1. The van der Waals surface area contributed by atoms with Crippen LogP contribution >= 0.6 is 0 Å². The molecule has 0 spiro atoms. The minimum absolute atomic E-state index is 0. The zero-order valence-corrected chi connectivity index (χ0v) is 13.6. The van der Waals surface area contributed by atoms with Gasteiger partial charge >= 0.3 is 64.1 Å². The topological polar surface area (TPSA) is 89.3 Å². The third kappa shape index (κ3) is 1.99. The van der Waals surface area contributed by atoms with E-state index in [-0.39, 0.29) is 58.2 Å². The van der Waals surface area contributed by atoms with E-state index in [0.29, 0.717) is 6.42 Å². The quantitative estimate of drug-likeness (QED) is 0.312. The number of carbonyl (C=O) groups is 3. The number of carboxylic acids is 1. The van der Waals surface area contributed by atoms with Gasteiger partial charge in [-0.2, -0.15) is 4.58 Å². The van der Waals surface area contributed by atoms with Crippen molar-refractivity contribution in [1.82, 2.24) is 5.32 Å². The molecule has 7 heteroatoms. The van der Waals surface area contributed by atoms with Crippen molar-refractivity contribution in [3.05, 3.63) is 12.3 Å². The van der Waals surface area contributed by atoms with Crippen molar-refractivity contribution in [3.63, 3.8) is 0 Å². The van der Waals surface area contributed by atoms with Crippen molar-refractivity contribution >= 4 is 24.0 Å². The van der Waals surface area contributed by atoms with Gasteiger partial charge in [0.2, 0.25) is 5.91 Å². The Bertz CT molecular complexity index is 429. The van der Waals surface area contributed by atoms with Gasteiger partial charge in [0, 0.05) is 6.42 Å². The van der Waals surface area contributed by atoms with Crippen LogP contribution in [0.25, 0.3) is 0 Å². The van der Waals surface area contributed by atoms with E-state index in [1.807, 2.05) is 5.32 Å². The molecule has 2 aliphatic heterocycles. The Morgan fingerprint density at radius 2 is 2.19 bits per heavy atom. The van der Waals surface area contributed by atoms with E-state index < -0.39 is 29.7 Å². The van der Waals surface area contributed by atoms with Crippen molar-refractivity contribution in [2.24, 2.45) is 0 Å². The minimum atomic E-state index is -1.90. The van der Waals surface area contributed by atoms with E-state index >= 15 is 0 Å². The molecule has 2 aliphatic rings. The fraction of sp³-hybridized carbons (Fsp3) is 0.333. The van der Waals surface area contributed by atoms with E-state index in [4.69, 9.17) is 0 Å². The molecule has 2 rings (SSSR count). The van der Waals surface area contributed by atoms with Gasteiger partial charge in [0.25, 0.3) is 5.54 Å². The van der Waals surface area contributed by atoms with Gasteiger partial charge in [-0.15, -0.1) is 0 Å². The predicted octanol–water partition coefficient (Wildman–Crippen LogP) is -5.47. The van der Waals surface area contributed by atoms with Crippen LogP contribution in [0, 0.1) is 0 Å². The van der Waals surface area contributed by atoms with Crippen molar-refractivity contribution in [1.29, 1.82) is 0 Å². The third-order valence-corrected chi connectivity index (χ3v) is 2.53. The summed E-state index contributed by atoms with van der Waals surface area (Å²) in [6.07, 6.45) is 4.83. The molecule has 0 radical (unpaired) electrons. The molecule has 0 aromatic carbocycles. The third-order valence-electron chi connectivity index (χ3n) is 2.53. The summed E-state index contributed by atoms with van der Waals surface area (Å²) < 4.78 is 1.22. The SMILES string of the molecule is O=C1CC(C(=O)[O-])([N+]2=CCC=C2)C(=O)N1.[Rb+]. The smallest absolute Gasteiger partial charge is 0.543 e. The Morgan fingerprint density at radius 1 is 1.50 bits per heavy atom.